The molecule has 4 amide bonds. The maximum absolute atomic E-state index is 12.4. The summed E-state index contributed by atoms with van der Waals surface area (Å²) >= 11 is 0. The summed E-state index contributed by atoms with van der Waals surface area (Å²) in [5.41, 5.74) is 6.41. The lowest BCUT2D eigenvalue weighted by atomic mass is 10.1. The highest BCUT2D eigenvalue weighted by atomic mass is 16.2. The average molecular weight is 476 g/mol. The van der Waals surface area contributed by atoms with Crippen molar-refractivity contribution in [2.45, 2.75) is 13.8 Å². The number of carbonyl (C=O) groups excluding carboxylic acids is 2. The van der Waals surface area contributed by atoms with Gasteiger partial charge in [-0.2, -0.15) is 0 Å². The Bertz CT molecular complexity index is 1460. The fraction of sp³-hybridized carbons (Fsp3) is 0.0690. The van der Waals surface area contributed by atoms with Crippen molar-refractivity contribution in [2.75, 3.05) is 21.3 Å². The number of pyridine rings is 1. The highest BCUT2D eigenvalue weighted by Gasteiger charge is 2.08. The van der Waals surface area contributed by atoms with Crippen molar-refractivity contribution in [1.82, 2.24) is 4.98 Å². The number of anilines is 4. The maximum Gasteiger partial charge on any atom is 0.323 e. The van der Waals surface area contributed by atoms with Gasteiger partial charge in [-0.1, -0.05) is 47.5 Å². The molecule has 0 atom stereocenters. The Labute approximate surface area is 208 Å². The lowest BCUT2D eigenvalue weighted by Crippen LogP contribution is -2.19. The fourth-order valence-electron chi connectivity index (χ4n) is 3.84. The number of urea groups is 2. The molecule has 4 aromatic carbocycles. The summed E-state index contributed by atoms with van der Waals surface area (Å²) in [5.74, 6) is 0. The third-order valence-corrected chi connectivity index (χ3v) is 5.75. The minimum Gasteiger partial charge on any atom is -0.308 e. The van der Waals surface area contributed by atoms with Crippen LogP contribution in [0.5, 0.6) is 0 Å². The third-order valence-electron chi connectivity index (χ3n) is 5.75. The molecule has 0 aliphatic carbocycles. The van der Waals surface area contributed by atoms with Crippen LogP contribution in [0.15, 0.2) is 91.0 Å². The molecule has 36 heavy (non-hydrogen) atoms. The van der Waals surface area contributed by atoms with E-state index in [0.29, 0.717) is 11.4 Å². The molecule has 5 rings (SSSR count). The third kappa shape index (κ3) is 5.42. The second-order valence-corrected chi connectivity index (χ2v) is 8.69. The minimum atomic E-state index is -0.329. The van der Waals surface area contributed by atoms with Gasteiger partial charge in [0.2, 0.25) is 0 Å². The summed E-state index contributed by atoms with van der Waals surface area (Å²) in [6.07, 6.45) is 0. The summed E-state index contributed by atoms with van der Waals surface area (Å²) in [4.78, 5) is 29.6. The number of aromatic nitrogens is 1. The molecule has 0 bridgehead atoms. The lowest BCUT2D eigenvalue weighted by molar-refractivity contribution is 0.261. The number of hydrogen-bond acceptors (Lipinski definition) is 3. The number of carbonyl (C=O) groups is 2. The molecule has 1 aromatic heterocycles. The molecule has 0 saturated heterocycles. The number of fused-ring (bicyclic) bond motifs is 2. The van der Waals surface area contributed by atoms with Gasteiger partial charge in [-0.25, -0.2) is 14.6 Å². The number of benzene rings is 4. The van der Waals surface area contributed by atoms with E-state index in [1.54, 1.807) is 0 Å². The van der Waals surface area contributed by atoms with Gasteiger partial charge in [0.15, 0.2) is 0 Å². The molecule has 0 aliphatic heterocycles. The van der Waals surface area contributed by atoms with Crippen LogP contribution in [0.2, 0.25) is 0 Å². The first-order valence-corrected chi connectivity index (χ1v) is 11.6. The molecule has 0 saturated carbocycles. The quantitative estimate of drug-likeness (QED) is 0.206. The van der Waals surface area contributed by atoms with Crippen LogP contribution in [0.3, 0.4) is 0 Å². The number of amides is 4. The highest BCUT2D eigenvalue weighted by molar-refractivity contribution is 6.03. The molecule has 0 unspecified atom stereocenters. The normalized spacial score (nSPS) is 10.7. The van der Waals surface area contributed by atoms with Crippen molar-refractivity contribution in [3.05, 3.63) is 102 Å². The number of nitrogens with zero attached hydrogens (tertiary/aromatic N) is 1. The Hall–Kier alpha value is -4.91. The highest BCUT2D eigenvalue weighted by Crippen LogP contribution is 2.25. The van der Waals surface area contributed by atoms with Crippen molar-refractivity contribution in [2.24, 2.45) is 0 Å². The van der Waals surface area contributed by atoms with Gasteiger partial charge < -0.3 is 21.3 Å². The second-order valence-electron chi connectivity index (χ2n) is 8.69. The van der Waals surface area contributed by atoms with Gasteiger partial charge in [0, 0.05) is 33.5 Å². The second kappa shape index (κ2) is 9.76. The van der Waals surface area contributed by atoms with Gasteiger partial charge in [-0.3, -0.25) is 0 Å². The number of rotatable bonds is 4. The van der Waals surface area contributed by atoms with E-state index in [4.69, 9.17) is 4.98 Å². The van der Waals surface area contributed by atoms with Crippen molar-refractivity contribution >= 4 is 56.6 Å². The molecule has 0 aliphatic rings. The first-order valence-electron chi connectivity index (χ1n) is 11.6. The molecule has 0 radical (unpaired) electrons. The number of nitrogens with one attached hydrogen (secondary N) is 4. The van der Waals surface area contributed by atoms with Crippen LogP contribution in [0.1, 0.15) is 11.1 Å². The van der Waals surface area contributed by atoms with E-state index in [9.17, 15) is 9.59 Å². The van der Waals surface area contributed by atoms with Gasteiger partial charge in [0.25, 0.3) is 0 Å². The zero-order valence-electron chi connectivity index (χ0n) is 19.9. The molecule has 4 N–H and O–H groups in total. The first kappa shape index (κ1) is 22.9. The van der Waals surface area contributed by atoms with Gasteiger partial charge >= 0.3 is 12.1 Å². The van der Waals surface area contributed by atoms with E-state index in [2.05, 4.69) is 21.3 Å². The molecular weight excluding hydrogens is 450 g/mol. The summed E-state index contributed by atoms with van der Waals surface area (Å²) in [5, 5.41) is 13.3. The average Bonchev–Trinajstić information content (AvgIpc) is 2.85. The minimum absolute atomic E-state index is 0.329. The summed E-state index contributed by atoms with van der Waals surface area (Å²) in [7, 11) is 0. The van der Waals surface area contributed by atoms with E-state index in [-0.39, 0.29) is 12.1 Å². The lowest BCUT2D eigenvalue weighted by Gasteiger charge is -2.10. The molecule has 5 aromatic rings. The largest absolute Gasteiger partial charge is 0.323 e. The number of hydrogen-bond donors (Lipinski definition) is 4. The van der Waals surface area contributed by atoms with Crippen molar-refractivity contribution in [3.63, 3.8) is 0 Å². The van der Waals surface area contributed by atoms with Crippen LogP contribution < -0.4 is 21.3 Å². The maximum atomic E-state index is 12.4. The Kier molecular flexibility index (Phi) is 6.19. The van der Waals surface area contributed by atoms with E-state index >= 15 is 0 Å². The van der Waals surface area contributed by atoms with Crippen LogP contribution in [-0.4, -0.2) is 17.0 Å². The number of aryl methyl sites for hydroxylation is 2. The van der Waals surface area contributed by atoms with Crippen molar-refractivity contribution in [3.8, 4) is 0 Å². The zero-order valence-corrected chi connectivity index (χ0v) is 19.9. The van der Waals surface area contributed by atoms with Gasteiger partial charge in [0.05, 0.1) is 11.0 Å². The fourth-order valence-corrected chi connectivity index (χ4v) is 3.84. The van der Waals surface area contributed by atoms with E-state index < -0.39 is 0 Å². The van der Waals surface area contributed by atoms with E-state index in [1.165, 1.54) is 0 Å². The topological polar surface area (TPSA) is 95.2 Å². The van der Waals surface area contributed by atoms with E-state index in [0.717, 1.165) is 44.3 Å². The van der Waals surface area contributed by atoms with Gasteiger partial charge in [0.1, 0.15) is 0 Å². The molecule has 7 nitrogen and oxygen atoms in total. The standard InChI is InChI=1S/C29H25N5O2/c1-18-3-9-22(10-4-18)30-28(35)32-24-13-7-20-15-21-8-14-25(17-27(21)34-26(20)16-24)33-29(36)31-23-11-5-19(2)6-12-23/h3-17H,1-2H3,(H2,30,32,35)(H2,31,33,36). The Morgan fingerprint density at radius 3 is 1.28 bits per heavy atom. The Balaban J connectivity index is 1.31. The van der Waals surface area contributed by atoms with Gasteiger partial charge in [-0.15, -0.1) is 0 Å². The summed E-state index contributed by atoms with van der Waals surface area (Å²) in [6.45, 7) is 3.99. The first-order chi connectivity index (χ1) is 17.4. The summed E-state index contributed by atoms with van der Waals surface area (Å²) in [6, 6.07) is 27.7. The predicted molar refractivity (Wildman–Crippen MR) is 147 cm³/mol. The van der Waals surface area contributed by atoms with Crippen molar-refractivity contribution < 1.29 is 9.59 Å². The van der Waals surface area contributed by atoms with Gasteiger partial charge in [-0.05, 0) is 68.4 Å². The van der Waals surface area contributed by atoms with Crippen LogP contribution >= 0.6 is 0 Å². The SMILES string of the molecule is Cc1ccc(NC(=O)Nc2ccc3cc4ccc(NC(=O)Nc5ccc(C)cc5)cc4nc3c2)cc1. The predicted octanol–water partition coefficient (Wildman–Crippen LogP) is 7.29. The molecule has 178 valence electrons. The molecular formula is C29H25N5O2. The molecule has 0 fully saturated rings. The molecule has 0 spiro atoms. The Morgan fingerprint density at radius 1 is 0.500 bits per heavy atom. The van der Waals surface area contributed by atoms with Crippen LogP contribution in [0.25, 0.3) is 21.8 Å². The zero-order chi connectivity index (χ0) is 25.1. The monoisotopic (exact) mass is 475 g/mol. The van der Waals surface area contributed by atoms with E-state index in [1.807, 2.05) is 105 Å². The summed E-state index contributed by atoms with van der Waals surface area (Å²) < 4.78 is 0. The van der Waals surface area contributed by atoms with Crippen LogP contribution in [-0.2, 0) is 0 Å². The van der Waals surface area contributed by atoms with Crippen LogP contribution in [0, 0.1) is 13.8 Å². The smallest absolute Gasteiger partial charge is 0.308 e. The Morgan fingerprint density at radius 2 is 0.861 bits per heavy atom. The molecule has 1 heterocycles. The van der Waals surface area contributed by atoms with Crippen LogP contribution in [0.4, 0.5) is 32.3 Å². The van der Waals surface area contributed by atoms with Crippen molar-refractivity contribution in [1.29, 1.82) is 0 Å². The molecule has 7 heteroatoms.